The number of anilines is 1. The topological polar surface area (TPSA) is 89.3 Å². The summed E-state index contributed by atoms with van der Waals surface area (Å²) in [6.07, 6.45) is 2.93. The maximum Gasteiger partial charge on any atom is 0.230 e. The Balaban J connectivity index is 1.56. The van der Waals surface area contributed by atoms with Crippen LogP contribution in [0.15, 0.2) is 52.0 Å². The van der Waals surface area contributed by atoms with Crippen LogP contribution in [0.5, 0.6) is 0 Å². The summed E-state index contributed by atoms with van der Waals surface area (Å²) >= 11 is 1.24. The van der Waals surface area contributed by atoms with Crippen LogP contribution in [0.3, 0.4) is 0 Å². The van der Waals surface area contributed by atoms with Gasteiger partial charge in [0.25, 0.3) is 0 Å². The Hall–Kier alpha value is -2.71. The minimum absolute atomic E-state index is 0.168. The third-order valence-electron chi connectivity index (χ3n) is 4.19. The number of rotatable bonds is 4. The maximum absolute atomic E-state index is 12.4. The summed E-state index contributed by atoms with van der Waals surface area (Å²) in [5, 5.41) is 4.14. The molecule has 8 heteroatoms. The Morgan fingerprint density at radius 2 is 2.04 bits per heavy atom. The van der Waals surface area contributed by atoms with Gasteiger partial charge >= 0.3 is 0 Å². The van der Waals surface area contributed by atoms with E-state index in [1.54, 1.807) is 18.4 Å². The highest BCUT2D eigenvalue weighted by Crippen LogP contribution is 2.29. The Bertz CT molecular complexity index is 1290. The van der Waals surface area contributed by atoms with Crippen LogP contribution in [-0.4, -0.2) is 25.6 Å². The molecule has 1 amide bonds. The number of carbonyl (C=O) groups excluding carboxylic acids is 1. The molecule has 0 atom stereocenters. The average Bonchev–Trinajstić information content (AvgIpc) is 3.16. The molecule has 0 fully saturated rings. The van der Waals surface area contributed by atoms with Crippen LogP contribution >= 0.6 is 11.3 Å². The molecule has 27 heavy (non-hydrogen) atoms. The van der Waals surface area contributed by atoms with E-state index >= 15 is 0 Å². The predicted molar refractivity (Wildman–Crippen MR) is 106 cm³/mol. The Kier molecular flexibility index (Phi) is 4.24. The van der Waals surface area contributed by atoms with Crippen molar-refractivity contribution in [1.29, 1.82) is 0 Å². The SMILES string of the molecule is Cc1ccc2occ(CC(=O)Nc3nc4ccc(S(C)(=O)=O)cc4s3)c2c1. The number of carbonyl (C=O) groups is 1. The molecular formula is C19H16N2O4S2. The molecule has 0 unspecified atom stereocenters. The smallest absolute Gasteiger partial charge is 0.230 e. The van der Waals surface area contributed by atoms with E-state index in [2.05, 4.69) is 10.3 Å². The summed E-state index contributed by atoms with van der Waals surface area (Å²) in [4.78, 5) is 17.0. The second-order valence-corrected chi connectivity index (χ2v) is 9.45. The second-order valence-electron chi connectivity index (χ2n) is 6.41. The molecule has 4 aromatic rings. The number of aromatic nitrogens is 1. The average molecular weight is 400 g/mol. The molecule has 0 aliphatic rings. The zero-order valence-corrected chi connectivity index (χ0v) is 16.3. The highest BCUT2D eigenvalue weighted by Gasteiger charge is 2.14. The molecule has 6 nitrogen and oxygen atoms in total. The van der Waals surface area contributed by atoms with Crippen LogP contribution in [0.2, 0.25) is 0 Å². The second kappa shape index (κ2) is 6.47. The number of nitrogens with one attached hydrogen (secondary N) is 1. The first-order valence-corrected chi connectivity index (χ1v) is 10.9. The fourth-order valence-electron chi connectivity index (χ4n) is 2.86. The molecule has 1 N–H and O–H groups in total. The number of aryl methyl sites for hydroxylation is 1. The van der Waals surface area contributed by atoms with Gasteiger partial charge in [-0.1, -0.05) is 23.0 Å². The van der Waals surface area contributed by atoms with Gasteiger partial charge in [-0.3, -0.25) is 4.79 Å². The number of hydrogen-bond donors (Lipinski definition) is 1. The Morgan fingerprint density at radius 3 is 2.81 bits per heavy atom. The van der Waals surface area contributed by atoms with Gasteiger partial charge < -0.3 is 9.73 Å². The van der Waals surface area contributed by atoms with Gasteiger partial charge in [-0.25, -0.2) is 13.4 Å². The Morgan fingerprint density at radius 1 is 1.22 bits per heavy atom. The summed E-state index contributed by atoms with van der Waals surface area (Å²) in [6.45, 7) is 1.99. The van der Waals surface area contributed by atoms with Gasteiger partial charge in [0.15, 0.2) is 15.0 Å². The molecule has 0 bridgehead atoms. The third-order valence-corrected chi connectivity index (χ3v) is 6.24. The molecular weight excluding hydrogens is 384 g/mol. The van der Waals surface area contributed by atoms with Gasteiger partial charge in [0, 0.05) is 17.2 Å². The molecule has 2 aromatic heterocycles. The van der Waals surface area contributed by atoms with Crippen LogP contribution in [0, 0.1) is 6.92 Å². The van der Waals surface area contributed by atoms with Crippen molar-refractivity contribution in [3.63, 3.8) is 0 Å². The minimum Gasteiger partial charge on any atom is -0.464 e. The first-order chi connectivity index (χ1) is 12.8. The standard InChI is InChI=1S/C19H16N2O4S2/c1-11-3-6-16-14(7-11)12(10-25-16)8-18(22)21-19-20-15-5-4-13(27(2,23)24)9-17(15)26-19/h3-7,9-10H,8H2,1-2H3,(H,20,21,22). The number of benzene rings is 2. The van der Waals surface area contributed by atoms with Gasteiger partial charge in [0.2, 0.25) is 5.91 Å². The van der Waals surface area contributed by atoms with Gasteiger partial charge in [-0.15, -0.1) is 0 Å². The fourth-order valence-corrected chi connectivity index (χ4v) is 4.50. The van der Waals surface area contributed by atoms with Gasteiger partial charge in [-0.05, 0) is 37.3 Å². The number of fused-ring (bicyclic) bond motifs is 2. The van der Waals surface area contributed by atoms with Crippen molar-refractivity contribution in [1.82, 2.24) is 4.98 Å². The fraction of sp³-hybridized carbons (Fsp3) is 0.158. The number of amides is 1. The van der Waals surface area contributed by atoms with Crippen molar-refractivity contribution in [2.45, 2.75) is 18.2 Å². The van der Waals surface area contributed by atoms with E-state index in [4.69, 9.17) is 4.42 Å². The molecule has 138 valence electrons. The lowest BCUT2D eigenvalue weighted by Gasteiger charge is -2.00. The number of furan rings is 1. The van der Waals surface area contributed by atoms with Crippen LogP contribution in [0.25, 0.3) is 21.2 Å². The Labute approximate surface area is 159 Å². The molecule has 0 radical (unpaired) electrons. The van der Waals surface area contributed by atoms with E-state index in [0.29, 0.717) is 15.3 Å². The van der Waals surface area contributed by atoms with Crippen molar-refractivity contribution in [3.05, 3.63) is 53.8 Å². The van der Waals surface area contributed by atoms with E-state index in [1.807, 2.05) is 25.1 Å². The van der Waals surface area contributed by atoms with Crippen molar-refractivity contribution < 1.29 is 17.6 Å². The molecule has 0 saturated heterocycles. The van der Waals surface area contributed by atoms with Gasteiger partial charge in [-0.2, -0.15) is 0 Å². The summed E-state index contributed by atoms with van der Waals surface area (Å²) in [7, 11) is -3.29. The minimum atomic E-state index is -3.29. The van der Waals surface area contributed by atoms with Crippen molar-refractivity contribution in [3.8, 4) is 0 Å². The molecule has 2 heterocycles. The highest BCUT2D eigenvalue weighted by molar-refractivity contribution is 7.90. The monoisotopic (exact) mass is 400 g/mol. The number of sulfone groups is 1. The number of nitrogens with zero attached hydrogens (tertiary/aromatic N) is 1. The molecule has 0 spiro atoms. The lowest BCUT2D eigenvalue weighted by molar-refractivity contribution is -0.115. The number of thiazole rings is 1. The summed E-state index contributed by atoms with van der Waals surface area (Å²) in [6, 6.07) is 10.6. The van der Waals surface area contributed by atoms with E-state index < -0.39 is 9.84 Å². The first-order valence-electron chi connectivity index (χ1n) is 8.17. The third kappa shape index (κ3) is 3.58. The summed E-state index contributed by atoms with van der Waals surface area (Å²) < 4.78 is 29.6. The van der Waals surface area contributed by atoms with E-state index in [9.17, 15) is 13.2 Å². The predicted octanol–water partition coefficient (Wildman–Crippen LogP) is 3.94. The highest BCUT2D eigenvalue weighted by atomic mass is 32.2. The van der Waals surface area contributed by atoms with E-state index in [0.717, 1.165) is 28.4 Å². The first kappa shape index (κ1) is 17.7. The zero-order valence-electron chi connectivity index (χ0n) is 14.6. The van der Waals surface area contributed by atoms with Crippen molar-refractivity contribution in [2.75, 3.05) is 11.6 Å². The molecule has 0 saturated carbocycles. The zero-order chi connectivity index (χ0) is 19.2. The largest absolute Gasteiger partial charge is 0.464 e. The summed E-state index contributed by atoms with van der Waals surface area (Å²) in [5.41, 5.74) is 3.30. The van der Waals surface area contributed by atoms with Crippen LogP contribution in [0.1, 0.15) is 11.1 Å². The van der Waals surface area contributed by atoms with Crippen molar-refractivity contribution >= 4 is 53.4 Å². The van der Waals surface area contributed by atoms with Crippen LogP contribution < -0.4 is 5.32 Å². The van der Waals surface area contributed by atoms with E-state index in [-0.39, 0.29) is 17.2 Å². The number of hydrogen-bond acceptors (Lipinski definition) is 6. The molecule has 4 rings (SSSR count). The van der Waals surface area contributed by atoms with Gasteiger partial charge in [0.1, 0.15) is 5.58 Å². The summed E-state index contributed by atoms with van der Waals surface area (Å²) in [5.74, 6) is -0.207. The molecule has 0 aliphatic carbocycles. The van der Waals surface area contributed by atoms with Gasteiger partial charge in [0.05, 0.1) is 27.8 Å². The molecule has 0 aliphatic heterocycles. The van der Waals surface area contributed by atoms with Crippen molar-refractivity contribution in [2.24, 2.45) is 0 Å². The van der Waals surface area contributed by atoms with Crippen LogP contribution in [0.4, 0.5) is 5.13 Å². The quantitative estimate of drug-likeness (QED) is 0.560. The normalized spacial score (nSPS) is 11.9. The van der Waals surface area contributed by atoms with Crippen LogP contribution in [-0.2, 0) is 21.1 Å². The maximum atomic E-state index is 12.4. The van der Waals surface area contributed by atoms with E-state index in [1.165, 1.54) is 17.4 Å². The molecule has 2 aromatic carbocycles. The lowest BCUT2D eigenvalue weighted by Crippen LogP contribution is -2.13. The lowest BCUT2D eigenvalue weighted by atomic mass is 10.1.